The summed E-state index contributed by atoms with van der Waals surface area (Å²) in [6.45, 7) is 2.96. The van der Waals surface area contributed by atoms with Crippen LogP contribution in [0, 0.1) is 0 Å². The lowest BCUT2D eigenvalue weighted by Crippen LogP contribution is -1.99. The van der Waals surface area contributed by atoms with Gasteiger partial charge in [-0.15, -0.1) is 0 Å². The van der Waals surface area contributed by atoms with Gasteiger partial charge in [-0.25, -0.2) is 0 Å². The van der Waals surface area contributed by atoms with Crippen molar-refractivity contribution in [3.8, 4) is 22.8 Å². The average Bonchev–Trinajstić information content (AvgIpc) is 3.11. The lowest BCUT2D eigenvalue weighted by Gasteiger charge is -2.11. The van der Waals surface area contributed by atoms with Gasteiger partial charge in [-0.2, -0.15) is 0 Å². The fourth-order valence-electron chi connectivity index (χ4n) is 3.86. The van der Waals surface area contributed by atoms with E-state index in [1.54, 1.807) is 14.2 Å². The highest BCUT2D eigenvalue weighted by Crippen LogP contribution is 2.39. The van der Waals surface area contributed by atoms with Crippen molar-refractivity contribution >= 4 is 10.9 Å². The summed E-state index contributed by atoms with van der Waals surface area (Å²) in [5.41, 5.74) is 11.9. The van der Waals surface area contributed by atoms with Crippen molar-refractivity contribution in [2.75, 3.05) is 20.8 Å². The highest BCUT2D eigenvalue weighted by atomic mass is 16.5. The molecule has 3 N–H and O–H groups in total. The molecule has 3 rings (SSSR count). The van der Waals surface area contributed by atoms with Crippen LogP contribution in [-0.4, -0.2) is 25.7 Å². The molecule has 0 radical (unpaired) electrons. The van der Waals surface area contributed by atoms with Crippen LogP contribution >= 0.6 is 0 Å². The molecule has 150 valence electrons. The monoisotopic (exact) mass is 380 g/mol. The van der Waals surface area contributed by atoms with Gasteiger partial charge in [0.15, 0.2) is 0 Å². The second-order valence-corrected chi connectivity index (χ2v) is 7.23. The predicted molar refractivity (Wildman–Crippen MR) is 117 cm³/mol. The number of nitrogens with one attached hydrogen (secondary N) is 1. The summed E-state index contributed by atoms with van der Waals surface area (Å²) in [7, 11) is 3.41. The second kappa shape index (κ2) is 9.65. The van der Waals surface area contributed by atoms with E-state index in [-0.39, 0.29) is 0 Å². The molecule has 0 unspecified atom stereocenters. The molecule has 0 aliphatic rings. The third-order valence-electron chi connectivity index (χ3n) is 5.38. The number of fused-ring (bicyclic) bond motifs is 1. The standard InChI is InChI=1S/C24H32N2O2/c1-4-5-9-17-10-8-12-19-20(11-6-7-15-25)24(26-23(17)19)21-16-18(27-2)13-14-22(21)28-3/h8,10,12-14,16,26H,4-7,9,11,15,25H2,1-3H3. The fourth-order valence-corrected chi connectivity index (χ4v) is 3.86. The van der Waals surface area contributed by atoms with Crippen LogP contribution in [0.3, 0.4) is 0 Å². The quantitative estimate of drug-likeness (QED) is 0.458. The number of unbranched alkanes of at least 4 members (excludes halogenated alkanes) is 2. The molecule has 0 spiro atoms. The molecule has 0 aliphatic carbocycles. The van der Waals surface area contributed by atoms with E-state index in [1.165, 1.54) is 34.9 Å². The average molecular weight is 381 g/mol. The number of H-pyrrole nitrogens is 1. The first-order valence-electron chi connectivity index (χ1n) is 10.3. The highest BCUT2D eigenvalue weighted by molar-refractivity contribution is 5.94. The number of methoxy groups -OCH3 is 2. The van der Waals surface area contributed by atoms with Crippen molar-refractivity contribution in [1.82, 2.24) is 4.98 Å². The number of aromatic amines is 1. The zero-order chi connectivity index (χ0) is 19.9. The van der Waals surface area contributed by atoms with Gasteiger partial charge in [0.1, 0.15) is 11.5 Å². The molecular weight excluding hydrogens is 348 g/mol. The Kier molecular flexibility index (Phi) is 6.99. The lowest BCUT2D eigenvalue weighted by atomic mass is 9.98. The molecular formula is C24H32N2O2. The maximum atomic E-state index is 5.75. The number of rotatable bonds is 10. The first-order valence-corrected chi connectivity index (χ1v) is 10.3. The Morgan fingerprint density at radius 3 is 2.54 bits per heavy atom. The van der Waals surface area contributed by atoms with Gasteiger partial charge in [0.2, 0.25) is 0 Å². The first-order chi connectivity index (χ1) is 13.7. The third kappa shape index (κ3) is 4.17. The maximum absolute atomic E-state index is 5.75. The number of ether oxygens (including phenoxy) is 2. The molecule has 0 saturated heterocycles. The number of aromatic nitrogens is 1. The molecule has 28 heavy (non-hydrogen) atoms. The smallest absolute Gasteiger partial charge is 0.128 e. The summed E-state index contributed by atoms with van der Waals surface area (Å²) in [4.78, 5) is 3.74. The van der Waals surface area contributed by atoms with Gasteiger partial charge in [0, 0.05) is 16.5 Å². The highest BCUT2D eigenvalue weighted by Gasteiger charge is 2.18. The molecule has 0 amide bonds. The summed E-state index contributed by atoms with van der Waals surface area (Å²) in [5, 5.41) is 1.31. The van der Waals surface area contributed by atoms with Crippen molar-refractivity contribution < 1.29 is 9.47 Å². The minimum atomic E-state index is 0.724. The summed E-state index contributed by atoms with van der Waals surface area (Å²) in [5.74, 6) is 1.68. The molecule has 1 heterocycles. The Morgan fingerprint density at radius 1 is 0.964 bits per heavy atom. The van der Waals surface area contributed by atoms with Crippen LogP contribution in [0.15, 0.2) is 36.4 Å². The summed E-state index contributed by atoms with van der Waals surface area (Å²) < 4.78 is 11.2. The number of aryl methyl sites for hydroxylation is 2. The molecule has 0 saturated carbocycles. The number of benzene rings is 2. The molecule has 3 aromatic rings. The topological polar surface area (TPSA) is 60.3 Å². The van der Waals surface area contributed by atoms with Gasteiger partial charge < -0.3 is 20.2 Å². The van der Waals surface area contributed by atoms with Crippen molar-refractivity contribution in [2.24, 2.45) is 5.73 Å². The van der Waals surface area contributed by atoms with Gasteiger partial charge in [0.05, 0.1) is 19.9 Å². The minimum absolute atomic E-state index is 0.724. The van der Waals surface area contributed by atoms with Gasteiger partial charge in [0.25, 0.3) is 0 Å². The van der Waals surface area contributed by atoms with E-state index in [0.717, 1.165) is 55.0 Å². The Hall–Kier alpha value is -2.46. The molecule has 1 aromatic heterocycles. The van der Waals surface area contributed by atoms with Crippen LogP contribution in [0.1, 0.15) is 43.7 Å². The lowest BCUT2D eigenvalue weighted by molar-refractivity contribution is 0.404. The van der Waals surface area contributed by atoms with Crippen LogP contribution in [0.5, 0.6) is 11.5 Å². The molecule has 2 aromatic carbocycles. The van der Waals surface area contributed by atoms with Crippen LogP contribution in [0.2, 0.25) is 0 Å². The van der Waals surface area contributed by atoms with Crippen molar-refractivity contribution in [1.29, 1.82) is 0 Å². The van der Waals surface area contributed by atoms with Crippen molar-refractivity contribution in [2.45, 2.75) is 45.4 Å². The second-order valence-electron chi connectivity index (χ2n) is 7.23. The molecule has 0 bridgehead atoms. The zero-order valence-electron chi connectivity index (χ0n) is 17.3. The predicted octanol–water partition coefficient (Wildman–Crippen LogP) is 5.48. The first kappa shape index (κ1) is 20.3. The number of hydrogen-bond acceptors (Lipinski definition) is 3. The van der Waals surface area contributed by atoms with Gasteiger partial charge >= 0.3 is 0 Å². The van der Waals surface area contributed by atoms with E-state index < -0.39 is 0 Å². The van der Waals surface area contributed by atoms with Crippen LogP contribution in [-0.2, 0) is 12.8 Å². The van der Waals surface area contributed by atoms with Crippen LogP contribution < -0.4 is 15.2 Å². The zero-order valence-corrected chi connectivity index (χ0v) is 17.3. The van der Waals surface area contributed by atoms with Gasteiger partial charge in [-0.05, 0) is 68.0 Å². The van der Waals surface area contributed by atoms with Crippen LogP contribution in [0.4, 0.5) is 0 Å². The fraction of sp³-hybridized carbons (Fsp3) is 0.417. The van der Waals surface area contributed by atoms with E-state index >= 15 is 0 Å². The number of hydrogen-bond donors (Lipinski definition) is 2. The maximum Gasteiger partial charge on any atom is 0.128 e. The molecule has 4 nitrogen and oxygen atoms in total. The normalized spacial score (nSPS) is 11.1. The third-order valence-corrected chi connectivity index (χ3v) is 5.38. The molecule has 4 heteroatoms. The van der Waals surface area contributed by atoms with E-state index in [0.29, 0.717) is 0 Å². The Bertz CT molecular complexity index is 914. The van der Waals surface area contributed by atoms with Gasteiger partial charge in [-0.3, -0.25) is 0 Å². The minimum Gasteiger partial charge on any atom is -0.497 e. The summed E-state index contributed by atoms with van der Waals surface area (Å²) in [6, 6.07) is 12.6. The Balaban J connectivity index is 2.18. The SMILES string of the molecule is CCCCc1cccc2c(CCCCN)c(-c3cc(OC)ccc3OC)[nH]c12. The summed E-state index contributed by atoms with van der Waals surface area (Å²) in [6.07, 6.45) is 6.56. The van der Waals surface area contributed by atoms with Crippen molar-refractivity contribution in [3.05, 3.63) is 47.5 Å². The van der Waals surface area contributed by atoms with Gasteiger partial charge in [-0.1, -0.05) is 31.5 Å². The summed E-state index contributed by atoms with van der Waals surface area (Å²) >= 11 is 0. The molecule has 0 atom stereocenters. The van der Waals surface area contributed by atoms with Crippen molar-refractivity contribution in [3.63, 3.8) is 0 Å². The van der Waals surface area contributed by atoms with E-state index in [2.05, 4.69) is 36.2 Å². The Labute approximate surface area is 168 Å². The molecule has 0 aliphatic heterocycles. The number of nitrogens with two attached hydrogens (primary N) is 1. The number of para-hydroxylation sites is 1. The van der Waals surface area contributed by atoms with E-state index in [9.17, 15) is 0 Å². The largest absolute Gasteiger partial charge is 0.497 e. The Morgan fingerprint density at radius 2 is 1.82 bits per heavy atom. The van der Waals surface area contributed by atoms with Crippen LogP contribution in [0.25, 0.3) is 22.2 Å². The molecule has 0 fully saturated rings. The van der Waals surface area contributed by atoms with E-state index in [4.69, 9.17) is 15.2 Å². The van der Waals surface area contributed by atoms with E-state index in [1.807, 2.05) is 12.1 Å².